The van der Waals surface area contributed by atoms with Crippen molar-refractivity contribution in [2.45, 2.75) is 0 Å². The molecule has 0 heterocycles. The first-order valence-electron chi connectivity index (χ1n) is 6.10. The molecule has 92 valence electrons. The van der Waals surface area contributed by atoms with Crippen LogP contribution in [0.1, 0.15) is 5.56 Å². The van der Waals surface area contributed by atoms with E-state index in [1.807, 2.05) is 42.5 Å². The number of aliphatic imine (C=N–C) groups is 1. The highest BCUT2D eigenvalue weighted by Crippen LogP contribution is 2.21. The molecule has 0 amide bonds. The summed E-state index contributed by atoms with van der Waals surface area (Å²) in [6, 6.07) is 22.1. The molecule has 0 bridgehead atoms. The van der Waals surface area contributed by atoms with Gasteiger partial charge in [-0.05, 0) is 29.0 Å². The van der Waals surface area contributed by atoms with Crippen molar-refractivity contribution < 1.29 is 0 Å². The highest BCUT2D eigenvalue weighted by atomic mass is 35.5. The van der Waals surface area contributed by atoms with Crippen LogP contribution in [-0.2, 0) is 0 Å². The maximum Gasteiger partial charge on any atom is 0.0636 e. The number of fused-ring (bicyclic) bond motifs is 1. The van der Waals surface area contributed by atoms with Crippen LogP contribution >= 0.6 is 11.6 Å². The van der Waals surface area contributed by atoms with Gasteiger partial charge in [0.05, 0.1) is 5.69 Å². The highest BCUT2D eigenvalue weighted by Gasteiger charge is 1.96. The Labute approximate surface area is 117 Å². The molecule has 0 radical (unpaired) electrons. The number of hydrogen-bond acceptors (Lipinski definition) is 1. The van der Waals surface area contributed by atoms with Crippen molar-refractivity contribution in [3.8, 4) is 0 Å². The average molecular weight is 266 g/mol. The second-order valence-electron chi connectivity index (χ2n) is 4.31. The van der Waals surface area contributed by atoms with Crippen molar-refractivity contribution in [3.63, 3.8) is 0 Å². The smallest absolute Gasteiger partial charge is 0.0636 e. The van der Waals surface area contributed by atoms with Crippen LogP contribution in [-0.4, -0.2) is 6.21 Å². The van der Waals surface area contributed by atoms with Gasteiger partial charge < -0.3 is 0 Å². The lowest BCUT2D eigenvalue weighted by Crippen LogP contribution is -1.81. The molecule has 0 spiro atoms. The summed E-state index contributed by atoms with van der Waals surface area (Å²) in [6.45, 7) is 0. The second-order valence-corrected chi connectivity index (χ2v) is 4.72. The molecule has 0 atom stereocenters. The SMILES string of the molecule is Clc1ccccc1C=Nc1ccc2ccccc2c1. The molecule has 0 unspecified atom stereocenters. The summed E-state index contributed by atoms with van der Waals surface area (Å²) >= 11 is 6.09. The topological polar surface area (TPSA) is 12.4 Å². The first-order chi connectivity index (χ1) is 9.33. The zero-order valence-corrected chi connectivity index (χ0v) is 11.0. The normalized spacial score (nSPS) is 11.2. The summed E-state index contributed by atoms with van der Waals surface area (Å²) in [5, 5.41) is 3.13. The largest absolute Gasteiger partial charge is 0.256 e. The van der Waals surface area contributed by atoms with Gasteiger partial charge in [-0.3, -0.25) is 4.99 Å². The molecule has 0 aliphatic carbocycles. The van der Waals surface area contributed by atoms with Crippen LogP contribution in [0, 0.1) is 0 Å². The summed E-state index contributed by atoms with van der Waals surface area (Å²) in [5.41, 5.74) is 1.86. The second kappa shape index (κ2) is 5.25. The predicted molar refractivity (Wildman–Crippen MR) is 82.7 cm³/mol. The third-order valence-corrected chi connectivity index (χ3v) is 3.34. The lowest BCUT2D eigenvalue weighted by molar-refractivity contribution is 1.55. The minimum atomic E-state index is 0.715. The van der Waals surface area contributed by atoms with E-state index in [4.69, 9.17) is 11.6 Å². The number of benzene rings is 3. The van der Waals surface area contributed by atoms with Crippen molar-refractivity contribution >= 4 is 34.3 Å². The Morgan fingerprint density at radius 1 is 0.789 bits per heavy atom. The van der Waals surface area contributed by atoms with E-state index in [2.05, 4.69) is 29.3 Å². The van der Waals surface area contributed by atoms with Crippen molar-refractivity contribution in [1.29, 1.82) is 0 Å². The van der Waals surface area contributed by atoms with Crippen molar-refractivity contribution in [3.05, 3.63) is 77.3 Å². The quantitative estimate of drug-likeness (QED) is 0.562. The number of hydrogen-bond donors (Lipinski definition) is 0. The Hall–Kier alpha value is -2.12. The molecule has 0 aliphatic rings. The third-order valence-electron chi connectivity index (χ3n) is 2.99. The first kappa shape index (κ1) is 11.9. The van der Waals surface area contributed by atoms with E-state index in [1.54, 1.807) is 6.21 Å². The molecule has 0 aliphatic heterocycles. The molecular formula is C17H12ClN. The van der Waals surface area contributed by atoms with Gasteiger partial charge in [-0.1, -0.05) is 60.1 Å². The minimum absolute atomic E-state index is 0.715. The van der Waals surface area contributed by atoms with Gasteiger partial charge in [-0.25, -0.2) is 0 Å². The Morgan fingerprint density at radius 2 is 1.53 bits per heavy atom. The molecule has 0 aromatic heterocycles. The van der Waals surface area contributed by atoms with E-state index in [1.165, 1.54) is 10.8 Å². The highest BCUT2D eigenvalue weighted by molar-refractivity contribution is 6.33. The van der Waals surface area contributed by atoms with E-state index in [9.17, 15) is 0 Å². The number of nitrogens with zero attached hydrogens (tertiary/aromatic N) is 1. The van der Waals surface area contributed by atoms with E-state index >= 15 is 0 Å². The van der Waals surface area contributed by atoms with Gasteiger partial charge in [0.25, 0.3) is 0 Å². The van der Waals surface area contributed by atoms with Crippen molar-refractivity contribution in [2.24, 2.45) is 4.99 Å². The van der Waals surface area contributed by atoms with E-state index < -0.39 is 0 Å². The van der Waals surface area contributed by atoms with Crippen molar-refractivity contribution in [2.75, 3.05) is 0 Å². The maximum absolute atomic E-state index is 6.09. The molecule has 3 rings (SSSR count). The van der Waals surface area contributed by atoms with Crippen LogP contribution in [0.25, 0.3) is 10.8 Å². The average Bonchev–Trinajstić information content (AvgIpc) is 2.46. The van der Waals surface area contributed by atoms with E-state index in [0.717, 1.165) is 11.3 Å². The fourth-order valence-electron chi connectivity index (χ4n) is 1.98. The van der Waals surface area contributed by atoms with Gasteiger partial charge in [0.2, 0.25) is 0 Å². The van der Waals surface area contributed by atoms with E-state index in [-0.39, 0.29) is 0 Å². The Balaban J connectivity index is 1.95. The summed E-state index contributed by atoms with van der Waals surface area (Å²) in [5.74, 6) is 0. The van der Waals surface area contributed by atoms with Crippen LogP contribution in [0.3, 0.4) is 0 Å². The molecule has 3 aromatic carbocycles. The predicted octanol–water partition coefficient (Wildman–Crippen LogP) is 5.24. The van der Waals surface area contributed by atoms with Gasteiger partial charge in [0.15, 0.2) is 0 Å². The van der Waals surface area contributed by atoms with Gasteiger partial charge in [0, 0.05) is 16.8 Å². The van der Waals surface area contributed by atoms with Crippen LogP contribution < -0.4 is 0 Å². The third kappa shape index (κ3) is 2.67. The van der Waals surface area contributed by atoms with Gasteiger partial charge >= 0.3 is 0 Å². The maximum atomic E-state index is 6.09. The Kier molecular flexibility index (Phi) is 3.30. The van der Waals surface area contributed by atoms with Gasteiger partial charge in [-0.2, -0.15) is 0 Å². The summed E-state index contributed by atoms with van der Waals surface area (Å²) < 4.78 is 0. The monoisotopic (exact) mass is 265 g/mol. The molecule has 1 nitrogen and oxygen atoms in total. The summed E-state index contributed by atoms with van der Waals surface area (Å²) in [7, 11) is 0. The van der Waals surface area contributed by atoms with Crippen LogP contribution in [0.15, 0.2) is 71.7 Å². The summed E-state index contributed by atoms with van der Waals surface area (Å²) in [6.07, 6.45) is 1.80. The molecular weight excluding hydrogens is 254 g/mol. The molecule has 0 fully saturated rings. The number of halogens is 1. The standard InChI is InChI=1S/C17H12ClN/c18-17-8-4-3-7-15(17)12-19-16-10-9-13-5-1-2-6-14(13)11-16/h1-12H. The van der Waals surface area contributed by atoms with Crippen molar-refractivity contribution in [1.82, 2.24) is 0 Å². The molecule has 0 saturated heterocycles. The van der Waals surface area contributed by atoms with Gasteiger partial charge in [-0.15, -0.1) is 0 Å². The lowest BCUT2D eigenvalue weighted by Gasteiger charge is -1.99. The molecule has 3 aromatic rings. The fraction of sp³-hybridized carbons (Fsp3) is 0. The number of rotatable bonds is 2. The van der Waals surface area contributed by atoms with E-state index in [0.29, 0.717) is 5.02 Å². The van der Waals surface area contributed by atoms with Gasteiger partial charge in [0.1, 0.15) is 0 Å². The zero-order chi connectivity index (χ0) is 13.1. The fourth-order valence-corrected chi connectivity index (χ4v) is 2.17. The molecule has 0 N–H and O–H groups in total. The molecule has 19 heavy (non-hydrogen) atoms. The first-order valence-corrected chi connectivity index (χ1v) is 6.48. The Bertz CT molecular complexity index is 747. The summed E-state index contributed by atoms with van der Waals surface area (Å²) in [4.78, 5) is 4.48. The molecule has 0 saturated carbocycles. The minimum Gasteiger partial charge on any atom is -0.256 e. The zero-order valence-electron chi connectivity index (χ0n) is 10.3. The molecule has 2 heteroatoms. The van der Waals surface area contributed by atoms with Crippen LogP contribution in [0.4, 0.5) is 5.69 Å². The lowest BCUT2D eigenvalue weighted by atomic mass is 10.1. The van der Waals surface area contributed by atoms with Crippen LogP contribution in [0.5, 0.6) is 0 Å². The van der Waals surface area contributed by atoms with Crippen LogP contribution in [0.2, 0.25) is 5.02 Å². The Morgan fingerprint density at radius 3 is 2.37 bits per heavy atom.